The lowest BCUT2D eigenvalue weighted by Crippen LogP contribution is -2.24. The molecule has 0 aliphatic heterocycles. The lowest BCUT2D eigenvalue weighted by molar-refractivity contribution is 0.0942. The van der Waals surface area contributed by atoms with E-state index in [1.54, 1.807) is 12.4 Å². The number of carbonyl (C=O) groups excluding carboxylic acids is 1. The first kappa shape index (κ1) is 16.8. The molecule has 25 heavy (non-hydrogen) atoms. The van der Waals surface area contributed by atoms with Gasteiger partial charge in [0, 0.05) is 18.9 Å². The van der Waals surface area contributed by atoms with E-state index in [4.69, 9.17) is 0 Å². The fourth-order valence-corrected chi connectivity index (χ4v) is 2.37. The minimum atomic E-state index is -0.378. The number of pyridine rings is 1. The number of aliphatic hydroxyl groups excluding tert-OH is 1. The molecule has 0 atom stereocenters. The largest absolute Gasteiger partial charge is 0.390 e. The van der Waals surface area contributed by atoms with Crippen LogP contribution in [0, 0.1) is 0 Å². The SMILES string of the molecule is CCc1ccc(-n2nc(CO)c(C(=O)NCc3ccncc3)n2)cc1. The predicted octanol–water partition coefficient (Wildman–Crippen LogP) is 1.65. The van der Waals surface area contributed by atoms with Crippen LogP contribution in [-0.4, -0.2) is 31.0 Å². The average molecular weight is 337 g/mol. The molecule has 0 spiro atoms. The summed E-state index contributed by atoms with van der Waals surface area (Å²) in [7, 11) is 0. The fourth-order valence-electron chi connectivity index (χ4n) is 2.37. The standard InChI is InChI=1S/C18H19N5O2/c1-2-13-3-5-15(6-4-13)23-21-16(12-24)17(22-23)18(25)20-11-14-7-9-19-10-8-14/h3-10,24H,2,11-12H2,1H3,(H,20,25). The van der Waals surface area contributed by atoms with Crippen LogP contribution in [0.4, 0.5) is 0 Å². The van der Waals surface area contributed by atoms with Gasteiger partial charge in [0.1, 0.15) is 5.69 Å². The number of aryl methyl sites for hydroxylation is 1. The Morgan fingerprint density at radius 1 is 1.08 bits per heavy atom. The summed E-state index contributed by atoms with van der Waals surface area (Å²) in [6.07, 6.45) is 4.27. The third kappa shape index (κ3) is 3.89. The van der Waals surface area contributed by atoms with Crippen molar-refractivity contribution in [3.8, 4) is 5.69 Å². The Morgan fingerprint density at radius 3 is 2.44 bits per heavy atom. The molecule has 7 nitrogen and oxygen atoms in total. The van der Waals surface area contributed by atoms with E-state index in [1.807, 2.05) is 36.4 Å². The van der Waals surface area contributed by atoms with Gasteiger partial charge in [0.2, 0.25) is 0 Å². The van der Waals surface area contributed by atoms with Gasteiger partial charge in [-0.15, -0.1) is 10.2 Å². The summed E-state index contributed by atoms with van der Waals surface area (Å²) in [6, 6.07) is 11.4. The van der Waals surface area contributed by atoms with Crippen LogP contribution >= 0.6 is 0 Å². The Hall–Kier alpha value is -3.06. The van der Waals surface area contributed by atoms with Crippen molar-refractivity contribution >= 4 is 5.91 Å². The van der Waals surface area contributed by atoms with Crippen LogP contribution in [0.25, 0.3) is 5.69 Å². The summed E-state index contributed by atoms with van der Waals surface area (Å²) >= 11 is 0. The van der Waals surface area contributed by atoms with Gasteiger partial charge < -0.3 is 10.4 Å². The number of benzene rings is 1. The molecule has 128 valence electrons. The molecular weight excluding hydrogens is 318 g/mol. The van der Waals surface area contributed by atoms with E-state index < -0.39 is 0 Å². The molecule has 2 aromatic heterocycles. The molecule has 0 bridgehead atoms. The van der Waals surface area contributed by atoms with Gasteiger partial charge in [0.15, 0.2) is 5.69 Å². The molecule has 3 rings (SSSR count). The minimum Gasteiger partial charge on any atom is -0.390 e. The Morgan fingerprint density at radius 2 is 1.80 bits per heavy atom. The van der Waals surface area contributed by atoms with E-state index >= 15 is 0 Å². The average Bonchev–Trinajstić information content (AvgIpc) is 3.11. The van der Waals surface area contributed by atoms with Gasteiger partial charge in [0.25, 0.3) is 5.91 Å². The van der Waals surface area contributed by atoms with Crippen molar-refractivity contribution in [2.24, 2.45) is 0 Å². The molecule has 0 saturated carbocycles. The summed E-state index contributed by atoms with van der Waals surface area (Å²) in [5.74, 6) is -0.378. The van der Waals surface area contributed by atoms with Gasteiger partial charge in [-0.1, -0.05) is 19.1 Å². The zero-order valence-corrected chi connectivity index (χ0v) is 13.9. The first-order chi connectivity index (χ1) is 12.2. The van der Waals surface area contributed by atoms with Crippen molar-refractivity contribution in [1.82, 2.24) is 25.3 Å². The van der Waals surface area contributed by atoms with Crippen LogP contribution in [0.3, 0.4) is 0 Å². The summed E-state index contributed by atoms with van der Waals surface area (Å²) in [4.78, 5) is 17.7. The maximum Gasteiger partial charge on any atom is 0.274 e. The molecule has 0 unspecified atom stereocenters. The number of amides is 1. The molecule has 0 saturated heterocycles. The molecule has 0 aliphatic carbocycles. The molecule has 7 heteroatoms. The fraction of sp³-hybridized carbons (Fsp3) is 0.222. The van der Waals surface area contributed by atoms with Crippen molar-refractivity contribution in [3.63, 3.8) is 0 Å². The highest BCUT2D eigenvalue weighted by atomic mass is 16.3. The Kier molecular flexibility index (Phi) is 5.15. The van der Waals surface area contributed by atoms with Crippen molar-refractivity contribution in [3.05, 3.63) is 71.3 Å². The monoisotopic (exact) mass is 337 g/mol. The van der Waals surface area contributed by atoms with E-state index in [-0.39, 0.29) is 23.9 Å². The highest BCUT2D eigenvalue weighted by Crippen LogP contribution is 2.11. The molecule has 2 N–H and O–H groups in total. The number of carbonyl (C=O) groups is 1. The van der Waals surface area contributed by atoms with E-state index in [0.29, 0.717) is 6.54 Å². The van der Waals surface area contributed by atoms with Gasteiger partial charge in [-0.2, -0.15) is 4.80 Å². The van der Waals surface area contributed by atoms with Crippen molar-refractivity contribution < 1.29 is 9.90 Å². The van der Waals surface area contributed by atoms with Crippen molar-refractivity contribution in [1.29, 1.82) is 0 Å². The minimum absolute atomic E-state index is 0.121. The summed E-state index contributed by atoms with van der Waals surface area (Å²) in [6.45, 7) is 2.08. The molecule has 1 aromatic carbocycles. The summed E-state index contributed by atoms with van der Waals surface area (Å²) in [5, 5.41) is 20.7. The number of nitrogens with zero attached hydrogens (tertiary/aromatic N) is 4. The normalized spacial score (nSPS) is 10.6. The lowest BCUT2D eigenvalue weighted by Gasteiger charge is -2.03. The Balaban J connectivity index is 1.78. The van der Waals surface area contributed by atoms with Crippen LogP contribution in [0.2, 0.25) is 0 Å². The van der Waals surface area contributed by atoms with Gasteiger partial charge >= 0.3 is 0 Å². The first-order valence-electron chi connectivity index (χ1n) is 8.04. The number of hydrogen-bond donors (Lipinski definition) is 2. The maximum absolute atomic E-state index is 12.4. The molecule has 0 fully saturated rings. The van der Waals surface area contributed by atoms with Gasteiger partial charge in [-0.3, -0.25) is 9.78 Å². The predicted molar refractivity (Wildman–Crippen MR) is 92.1 cm³/mol. The lowest BCUT2D eigenvalue weighted by atomic mass is 10.2. The second-order valence-corrected chi connectivity index (χ2v) is 5.50. The molecule has 0 aliphatic rings. The Labute approximate surface area is 145 Å². The van der Waals surface area contributed by atoms with Crippen LogP contribution in [0.1, 0.15) is 34.2 Å². The molecule has 0 radical (unpaired) electrons. The number of rotatable bonds is 6. The zero-order chi connectivity index (χ0) is 17.6. The van der Waals surface area contributed by atoms with Crippen LogP contribution in [-0.2, 0) is 19.6 Å². The third-order valence-corrected chi connectivity index (χ3v) is 3.83. The highest BCUT2D eigenvalue weighted by molar-refractivity contribution is 5.93. The molecule has 3 aromatic rings. The molecule has 1 amide bonds. The number of hydrogen-bond acceptors (Lipinski definition) is 5. The van der Waals surface area contributed by atoms with Gasteiger partial charge in [-0.05, 0) is 41.8 Å². The third-order valence-electron chi connectivity index (χ3n) is 3.83. The smallest absolute Gasteiger partial charge is 0.274 e. The zero-order valence-electron chi connectivity index (χ0n) is 13.9. The molecule has 2 heterocycles. The van der Waals surface area contributed by atoms with Crippen molar-refractivity contribution in [2.75, 3.05) is 0 Å². The van der Waals surface area contributed by atoms with Crippen LogP contribution < -0.4 is 5.32 Å². The van der Waals surface area contributed by atoms with E-state index in [1.165, 1.54) is 10.4 Å². The topological polar surface area (TPSA) is 92.9 Å². The van der Waals surface area contributed by atoms with Crippen LogP contribution in [0.5, 0.6) is 0 Å². The quantitative estimate of drug-likeness (QED) is 0.713. The number of aliphatic hydroxyl groups is 1. The number of aromatic nitrogens is 4. The summed E-state index contributed by atoms with van der Waals surface area (Å²) < 4.78 is 0. The van der Waals surface area contributed by atoms with Crippen molar-refractivity contribution in [2.45, 2.75) is 26.5 Å². The van der Waals surface area contributed by atoms with Gasteiger partial charge in [-0.25, -0.2) is 0 Å². The second kappa shape index (κ2) is 7.67. The maximum atomic E-state index is 12.4. The molecular formula is C18H19N5O2. The van der Waals surface area contributed by atoms with Crippen LogP contribution in [0.15, 0.2) is 48.8 Å². The van der Waals surface area contributed by atoms with Gasteiger partial charge in [0.05, 0.1) is 12.3 Å². The Bertz CT molecular complexity index is 844. The van der Waals surface area contributed by atoms with E-state index in [2.05, 4.69) is 27.4 Å². The second-order valence-electron chi connectivity index (χ2n) is 5.50. The highest BCUT2D eigenvalue weighted by Gasteiger charge is 2.18. The summed E-state index contributed by atoms with van der Waals surface area (Å²) in [5.41, 5.74) is 3.23. The van der Waals surface area contributed by atoms with E-state index in [9.17, 15) is 9.90 Å². The first-order valence-corrected chi connectivity index (χ1v) is 8.04. The van der Waals surface area contributed by atoms with E-state index in [0.717, 1.165) is 17.7 Å². The number of nitrogens with one attached hydrogen (secondary N) is 1.